The predicted octanol–water partition coefficient (Wildman–Crippen LogP) is 4.18. The fourth-order valence-electron chi connectivity index (χ4n) is 2.27. The van der Waals surface area contributed by atoms with E-state index in [1.54, 1.807) is 6.26 Å². The molecule has 1 aromatic heterocycles. The van der Waals surface area contributed by atoms with Crippen LogP contribution in [0.15, 0.2) is 41.2 Å². The zero-order valence-electron chi connectivity index (χ0n) is 12.1. The Morgan fingerprint density at radius 2 is 2.00 bits per heavy atom. The summed E-state index contributed by atoms with van der Waals surface area (Å²) in [5.74, 6) is 0. The molecule has 1 unspecified atom stereocenters. The van der Waals surface area contributed by atoms with E-state index < -0.39 is 0 Å². The maximum absolute atomic E-state index is 5.22. The number of rotatable bonds is 6. The Labute approximate surface area is 115 Å². The number of hydrogen-bond donors (Lipinski definition) is 1. The van der Waals surface area contributed by atoms with Crippen LogP contribution < -0.4 is 5.32 Å². The molecule has 2 aromatic rings. The lowest BCUT2D eigenvalue weighted by molar-refractivity contribution is 0.512. The van der Waals surface area contributed by atoms with Crippen molar-refractivity contribution < 1.29 is 4.42 Å². The lowest BCUT2D eigenvalue weighted by Gasteiger charge is -2.17. The van der Waals surface area contributed by atoms with Crippen molar-refractivity contribution in [2.75, 3.05) is 6.54 Å². The van der Waals surface area contributed by atoms with Gasteiger partial charge in [-0.25, -0.2) is 0 Å². The largest absolute Gasteiger partial charge is 0.472 e. The van der Waals surface area contributed by atoms with E-state index in [4.69, 9.17) is 4.42 Å². The maximum atomic E-state index is 5.22. The van der Waals surface area contributed by atoms with E-state index in [-0.39, 0.29) is 0 Å². The summed E-state index contributed by atoms with van der Waals surface area (Å²) in [6, 6.07) is 9.10. The number of furan rings is 1. The fourth-order valence-corrected chi connectivity index (χ4v) is 2.27. The lowest BCUT2D eigenvalue weighted by Crippen LogP contribution is -2.23. The average Bonchev–Trinajstić information content (AvgIpc) is 2.92. The van der Waals surface area contributed by atoms with E-state index in [1.165, 1.54) is 22.3 Å². The summed E-state index contributed by atoms with van der Waals surface area (Å²) < 4.78 is 5.22. The lowest BCUT2D eigenvalue weighted by atomic mass is 9.98. The summed E-state index contributed by atoms with van der Waals surface area (Å²) in [7, 11) is 0. The highest BCUT2D eigenvalue weighted by molar-refractivity contribution is 5.31. The third-order valence-electron chi connectivity index (χ3n) is 3.60. The first-order chi connectivity index (χ1) is 9.20. The Morgan fingerprint density at radius 1 is 1.16 bits per heavy atom. The normalized spacial score (nSPS) is 12.6. The standard InChI is InChI=1S/C17H23NO/c1-4-8-18-17(16-7-9-19-12-16)11-15-6-5-13(2)14(3)10-15/h5-7,9-10,12,17-18H,4,8,11H2,1-3H3. The molecule has 1 aromatic carbocycles. The van der Waals surface area contributed by atoms with Crippen LogP contribution >= 0.6 is 0 Å². The van der Waals surface area contributed by atoms with Crippen LogP contribution in [0.2, 0.25) is 0 Å². The molecule has 0 radical (unpaired) electrons. The van der Waals surface area contributed by atoms with Crippen molar-refractivity contribution >= 4 is 0 Å². The quantitative estimate of drug-likeness (QED) is 0.839. The van der Waals surface area contributed by atoms with Crippen LogP contribution in [0.1, 0.15) is 41.6 Å². The molecule has 0 spiro atoms. The summed E-state index contributed by atoms with van der Waals surface area (Å²) in [5, 5.41) is 3.59. The fraction of sp³-hybridized carbons (Fsp3) is 0.412. The zero-order valence-corrected chi connectivity index (χ0v) is 12.1. The SMILES string of the molecule is CCCNC(Cc1ccc(C)c(C)c1)c1ccoc1. The van der Waals surface area contributed by atoms with Crippen molar-refractivity contribution in [1.82, 2.24) is 5.32 Å². The van der Waals surface area contributed by atoms with Gasteiger partial charge in [0.2, 0.25) is 0 Å². The summed E-state index contributed by atoms with van der Waals surface area (Å²) in [6.07, 6.45) is 5.73. The summed E-state index contributed by atoms with van der Waals surface area (Å²) in [6.45, 7) is 7.54. The maximum Gasteiger partial charge on any atom is 0.0950 e. The van der Waals surface area contributed by atoms with Crippen molar-refractivity contribution in [3.8, 4) is 0 Å². The Balaban J connectivity index is 2.13. The van der Waals surface area contributed by atoms with Gasteiger partial charge in [0.05, 0.1) is 12.5 Å². The summed E-state index contributed by atoms with van der Waals surface area (Å²) in [4.78, 5) is 0. The van der Waals surface area contributed by atoms with Gasteiger partial charge >= 0.3 is 0 Å². The van der Waals surface area contributed by atoms with Crippen molar-refractivity contribution in [1.29, 1.82) is 0 Å². The van der Waals surface area contributed by atoms with Crippen LogP contribution in [0, 0.1) is 13.8 Å². The Kier molecular flexibility index (Phi) is 4.80. The van der Waals surface area contributed by atoms with Gasteiger partial charge in [0.15, 0.2) is 0 Å². The van der Waals surface area contributed by atoms with Crippen LogP contribution in [-0.4, -0.2) is 6.54 Å². The van der Waals surface area contributed by atoms with Gasteiger partial charge in [0.25, 0.3) is 0 Å². The number of benzene rings is 1. The van der Waals surface area contributed by atoms with Crippen LogP contribution in [0.25, 0.3) is 0 Å². The highest BCUT2D eigenvalue weighted by atomic mass is 16.3. The topological polar surface area (TPSA) is 25.2 Å². The minimum absolute atomic E-state index is 0.334. The predicted molar refractivity (Wildman–Crippen MR) is 79.4 cm³/mol. The van der Waals surface area contributed by atoms with Crippen LogP contribution in [0.3, 0.4) is 0 Å². The second-order valence-electron chi connectivity index (χ2n) is 5.19. The summed E-state index contributed by atoms with van der Waals surface area (Å²) >= 11 is 0. The Bertz CT molecular complexity index is 502. The summed E-state index contributed by atoms with van der Waals surface area (Å²) in [5.41, 5.74) is 5.31. The molecular weight excluding hydrogens is 234 g/mol. The Morgan fingerprint density at radius 3 is 2.63 bits per heavy atom. The van der Waals surface area contributed by atoms with Gasteiger partial charge in [0, 0.05) is 11.6 Å². The van der Waals surface area contributed by atoms with Gasteiger partial charge in [-0.3, -0.25) is 0 Å². The van der Waals surface area contributed by atoms with Crippen molar-refractivity contribution in [2.45, 2.75) is 39.7 Å². The second kappa shape index (κ2) is 6.58. The van der Waals surface area contributed by atoms with Crippen molar-refractivity contribution in [3.05, 3.63) is 59.0 Å². The minimum Gasteiger partial charge on any atom is -0.472 e. The second-order valence-corrected chi connectivity index (χ2v) is 5.19. The highest BCUT2D eigenvalue weighted by Gasteiger charge is 2.13. The number of nitrogens with one attached hydrogen (secondary N) is 1. The molecule has 0 aliphatic rings. The van der Waals surface area contributed by atoms with Crippen molar-refractivity contribution in [2.24, 2.45) is 0 Å². The van der Waals surface area contributed by atoms with E-state index >= 15 is 0 Å². The molecule has 0 fully saturated rings. The molecule has 0 aliphatic heterocycles. The number of aryl methyl sites for hydroxylation is 2. The molecular formula is C17H23NO. The first-order valence-electron chi connectivity index (χ1n) is 7.02. The van der Waals surface area contributed by atoms with E-state index in [2.05, 4.69) is 44.3 Å². The molecule has 1 atom stereocenters. The first-order valence-corrected chi connectivity index (χ1v) is 7.02. The van der Waals surface area contributed by atoms with E-state index in [0.29, 0.717) is 6.04 Å². The molecule has 102 valence electrons. The molecule has 0 saturated heterocycles. The molecule has 2 nitrogen and oxygen atoms in total. The van der Waals surface area contributed by atoms with Crippen LogP contribution in [-0.2, 0) is 6.42 Å². The van der Waals surface area contributed by atoms with Gasteiger partial charge in [-0.05, 0) is 56.0 Å². The zero-order chi connectivity index (χ0) is 13.7. The molecule has 0 saturated carbocycles. The highest BCUT2D eigenvalue weighted by Crippen LogP contribution is 2.20. The average molecular weight is 257 g/mol. The minimum atomic E-state index is 0.334. The molecule has 1 N–H and O–H groups in total. The van der Waals surface area contributed by atoms with E-state index in [1.807, 2.05) is 12.3 Å². The molecule has 0 aliphatic carbocycles. The van der Waals surface area contributed by atoms with Crippen LogP contribution in [0.5, 0.6) is 0 Å². The van der Waals surface area contributed by atoms with Gasteiger partial charge < -0.3 is 9.73 Å². The molecule has 0 bridgehead atoms. The monoisotopic (exact) mass is 257 g/mol. The van der Waals surface area contributed by atoms with Gasteiger partial charge in [-0.15, -0.1) is 0 Å². The van der Waals surface area contributed by atoms with Crippen LogP contribution in [0.4, 0.5) is 0 Å². The number of hydrogen-bond acceptors (Lipinski definition) is 2. The molecule has 2 rings (SSSR count). The molecule has 1 heterocycles. The Hall–Kier alpha value is -1.54. The molecule has 19 heavy (non-hydrogen) atoms. The molecule has 2 heteroatoms. The third kappa shape index (κ3) is 3.71. The smallest absolute Gasteiger partial charge is 0.0950 e. The van der Waals surface area contributed by atoms with Crippen molar-refractivity contribution in [3.63, 3.8) is 0 Å². The van der Waals surface area contributed by atoms with Gasteiger partial charge in [-0.2, -0.15) is 0 Å². The first kappa shape index (κ1) is 13.9. The third-order valence-corrected chi connectivity index (χ3v) is 3.60. The molecule has 0 amide bonds. The van der Waals surface area contributed by atoms with Gasteiger partial charge in [-0.1, -0.05) is 25.1 Å². The van der Waals surface area contributed by atoms with E-state index in [0.717, 1.165) is 19.4 Å². The van der Waals surface area contributed by atoms with Gasteiger partial charge in [0.1, 0.15) is 0 Å². The van der Waals surface area contributed by atoms with E-state index in [9.17, 15) is 0 Å².